The minimum absolute atomic E-state index is 0.0827. The van der Waals surface area contributed by atoms with Crippen LogP contribution >= 0.6 is 0 Å². The Kier molecular flexibility index (Phi) is 18.3. The standard InChI is InChI=1S/C36H65N3O8Si/c1-26(2)19-17-15-13-11-12-14-16-18-20-29-27(3)33(43)36(7,45)34(44)37-23-30(40)38-28(25-46-48(9,10)35(4,5)6)21-22-31(41)39(8)24-32(42)47-29/h21-22,26-29,45H,11-20,23-25H2,1-10H3,(H,37,44)(H,38,40)/b22-21+/t27-,28-,29-,36+/m1/s1. The minimum atomic E-state index is -2.47. The lowest BCUT2D eigenvalue weighted by molar-refractivity contribution is -0.162. The SMILES string of the molecule is CC(C)CCCCCCCCCC[C@H]1OC(=O)CN(C)C(=O)/C=C/[C@H](CO[Si](C)(C)C(C)(C)C)NC(=O)CNC(=O)[C@@](C)(O)C(=O)[C@@H]1C. The lowest BCUT2D eigenvalue weighted by atomic mass is 9.85. The highest BCUT2D eigenvalue weighted by molar-refractivity contribution is 6.74. The highest BCUT2D eigenvalue weighted by Gasteiger charge is 2.44. The topological polar surface area (TPSA) is 151 Å². The number of ether oxygens (including phenoxy) is 1. The maximum Gasteiger partial charge on any atom is 0.325 e. The van der Waals surface area contributed by atoms with Crippen LogP contribution in [0.3, 0.4) is 0 Å². The lowest BCUT2D eigenvalue weighted by Crippen LogP contribution is -2.56. The molecule has 0 bridgehead atoms. The number of Topliss-reactive ketones (excluding diaryl/α,β-unsaturated/α-hetero) is 1. The van der Waals surface area contributed by atoms with Crippen LogP contribution in [-0.4, -0.2) is 92.3 Å². The largest absolute Gasteiger partial charge is 0.460 e. The second-order valence-electron chi connectivity index (χ2n) is 15.5. The van der Waals surface area contributed by atoms with Gasteiger partial charge in [0.05, 0.1) is 25.1 Å². The number of carbonyl (C=O) groups excluding carboxylic acids is 5. The average Bonchev–Trinajstić information content (AvgIpc) is 2.99. The van der Waals surface area contributed by atoms with Gasteiger partial charge >= 0.3 is 5.97 Å². The van der Waals surface area contributed by atoms with E-state index in [1.54, 1.807) is 0 Å². The summed E-state index contributed by atoms with van der Waals surface area (Å²) in [5, 5.41) is 16.0. The molecule has 1 rings (SSSR count). The Morgan fingerprint density at radius 2 is 1.58 bits per heavy atom. The van der Waals surface area contributed by atoms with Gasteiger partial charge in [0.2, 0.25) is 11.8 Å². The van der Waals surface area contributed by atoms with Gasteiger partial charge in [0.25, 0.3) is 5.91 Å². The average molecular weight is 696 g/mol. The summed E-state index contributed by atoms with van der Waals surface area (Å²) in [6.45, 7) is 16.7. The number of hydrogen-bond donors (Lipinski definition) is 3. The molecule has 3 amide bonds. The molecule has 11 nitrogen and oxygen atoms in total. The van der Waals surface area contributed by atoms with Crippen molar-refractivity contribution >= 4 is 37.8 Å². The summed E-state index contributed by atoms with van der Waals surface area (Å²) in [7, 11) is -0.752. The molecular weight excluding hydrogens is 630 g/mol. The monoisotopic (exact) mass is 695 g/mol. The molecule has 276 valence electrons. The van der Waals surface area contributed by atoms with E-state index >= 15 is 0 Å². The van der Waals surface area contributed by atoms with E-state index in [0.717, 1.165) is 32.1 Å². The number of nitrogens with zero attached hydrogens (tertiary/aromatic N) is 1. The van der Waals surface area contributed by atoms with Gasteiger partial charge in [-0.3, -0.25) is 24.0 Å². The van der Waals surface area contributed by atoms with E-state index in [1.807, 2.05) is 0 Å². The number of rotatable bonds is 14. The van der Waals surface area contributed by atoms with Crippen LogP contribution in [0.15, 0.2) is 12.2 Å². The molecule has 3 N–H and O–H groups in total. The Labute approximate surface area is 290 Å². The van der Waals surface area contributed by atoms with Gasteiger partial charge in [-0.1, -0.05) is 99.0 Å². The first kappa shape index (κ1) is 43.4. The summed E-state index contributed by atoms with van der Waals surface area (Å²) in [5.74, 6) is -3.91. The predicted octanol–water partition coefficient (Wildman–Crippen LogP) is 5.06. The Morgan fingerprint density at radius 3 is 2.15 bits per heavy atom. The number of esters is 1. The van der Waals surface area contributed by atoms with Crippen LogP contribution in [0.25, 0.3) is 0 Å². The molecule has 0 aromatic carbocycles. The fourth-order valence-electron chi connectivity index (χ4n) is 5.15. The van der Waals surface area contributed by atoms with Crippen LogP contribution < -0.4 is 10.6 Å². The van der Waals surface area contributed by atoms with Gasteiger partial charge in [0.1, 0.15) is 12.6 Å². The number of hydrogen-bond acceptors (Lipinski definition) is 8. The van der Waals surface area contributed by atoms with Gasteiger partial charge in [-0.25, -0.2) is 0 Å². The summed E-state index contributed by atoms with van der Waals surface area (Å²) in [4.78, 5) is 66.5. The Balaban J connectivity index is 3.05. The fraction of sp³-hybridized carbons (Fsp3) is 0.806. The first-order valence-corrected chi connectivity index (χ1v) is 20.7. The molecule has 0 aromatic heterocycles. The quantitative estimate of drug-likeness (QED) is 0.0988. The first-order chi connectivity index (χ1) is 22.2. The Morgan fingerprint density at radius 1 is 1.02 bits per heavy atom. The number of cyclic esters (lactones) is 1. The van der Waals surface area contributed by atoms with Crippen LogP contribution in [-0.2, 0) is 33.1 Å². The van der Waals surface area contributed by atoms with Crippen molar-refractivity contribution in [1.29, 1.82) is 0 Å². The molecule has 0 spiro atoms. The summed E-state index contributed by atoms with van der Waals surface area (Å²) in [6.07, 6.45) is 12.0. The zero-order valence-electron chi connectivity index (χ0n) is 31.4. The smallest absolute Gasteiger partial charge is 0.325 e. The van der Waals surface area contributed by atoms with Crippen molar-refractivity contribution in [1.82, 2.24) is 15.5 Å². The zero-order valence-corrected chi connectivity index (χ0v) is 32.4. The summed E-state index contributed by atoms with van der Waals surface area (Å²) >= 11 is 0. The first-order valence-electron chi connectivity index (χ1n) is 17.8. The van der Waals surface area contributed by atoms with Crippen LogP contribution in [0.1, 0.15) is 113 Å². The van der Waals surface area contributed by atoms with Crippen LogP contribution in [0.5, 0.6) is 0 Å². The van der Waals surface area contributed by atoms with Gasteiger partial charge in [-0.15, -0.1) is 0 Å². The lowest BCUT2D eigenvalue weighted by Gasteiger charge is -2.37. The molecule has 48 heavy (non-hydrogen) atoms. The summed E-state index contributed by atoms with van der Waals surface area (Å²) in [6, 6.07) is -0.722. The molecule has 12 heteroatoms. The van der Waals surface area contributed by atoms with Crippen molar-refractivity contribution in [3.8, 4) is 0 Å². The number of aliphatic hydroxyl groups is 1. The Hall–Kier alpha value is -2.57. The summed E-state index contributed by atoms with van der Waals surface area (Å²) in [5.41, 5.74) is -2.47. The maximum atomic E-state index is 13.5. The Bertz CT molecular complexity index is 1100. The highest BCUT2D eigenvalue weighted by Crippen LogP contribution is 2.36. The van der Waals surface area contributed by atoms with E-state index < -0.39 is 68.0 Å². The zero-order chi connectivity index (χ0) is 36.7. The van der Waals surface area contributed by atoms with Gasteiger partial charge < -0.3 is 29.8 Å². The number of unbranched alkanes of at least 4 members (excludes halogenated alkanes) is 7. The molecule has 1 heterocycles. The molecule has 0 radical (unpaired) electrons. The van der Waals surface area contributed by atoms with E-state index in [1.165, 1.54) is 63.1 Å². The van der Waals surface area contributed by atoms with Gasteiger partial charge in [0, 0.05) is 13.1 Å². The van der Waals surface area contributed by atoms with Crippen molar-refractivity contribution in [3.05, 3.63) is 12.2 Å². The van der Waals surface area contributed by atoms with Crippen molar-refractivity contribution < 1.29 is 38.2 Å². The molecular formula is C36H65N3O8Si. The van der Waals surface area contributed by atoms with Crippen molar-refractivity contribution in [2.45, 2.75) is 149 Å². The normalized spacial score (nSPS) is 25.0. The van der Waals surface area contributed by atoms with Gasteiger partial charge in [-0.05, 0) is 43.8 Å². The van der Waals surface area contributed by atoms with Crippen molar-refractivity contribution in [2.24, 2.45) is 11.8 Å². The van der Waals surface area contributed by atoms with E-state index in [9.17, 15) is 29.1 Å². The number of carbonyl (C=O) groups is 5. The van der Waals surface area contributed by atoms with Gasteiger partial charge in [-0.2, -0.15) is 0 Å². The minimum Gasteiger partial charge on any atom is -0.460 e. The van der Waals surface area contributed by atoms with Crippen LogP contribution in [0.2, 0.25) is 18.1 Å². The predicted molar refractivity (Wildman–Crippen MR) is 191 cm³/mol. The van der Waals surface area contributed by atoms with Crippen LogP contribution in [0, 0.1) is 11.8 Å². The molecule has 0 aliphatic carbocycles. The highest BCUT2D eigenvalue weighted by atomic mass is 28.4. The number of likely N-dealkylation sites (N-methyl/N-ethyl adjacent to an activating group) is 1. The molecule has 0 fully saturated rings. The molecule has 0 unspecified atom stereocenters. The van der Waals surface area contributed by atoms with Gasteiger partial charge in [0.15, 0.2) is 19.7 Å². The van der Waals surface area contributed by atoms with Crippen molar-refractivity contribution in [3.63, 3.8) is 0 Å². The third kappa shape index (κ3) is 15.3. The van der Waals surface area contributed by atoms with E-state index in [2.05, 4.69) is 58.3 Å². The van der Waals surface area contributed by atoms with E-state index in [0.29, 0.717) is 12.8 Å². The second kappa shape index (κ2) is 20.2. The molecule has 1 aliphatic heterocycles. The van der Waals surface area contributed by atoms with Crippen molar-refractivity contribution in [2.75, 3.05) is 26.7 Å². The van der Waals surface area contributed by atoms with E-state index in [4.69, 9.17) is 9.16 Å². The summed E-state index contributed by atoms with van der Waals surface area (Å²) < 4.78 is 12.0. The third-order valence-electron chi connectivity index (χ3n) is 9.60. The van der Waals surface area contributed by atoms with Crippen LogP contribution in [0.4, 0.5) is 0 Å². The second-order valence-corrected chi connectivity index (χ2v) is 20.3. The molecule has 4 atom stereocenters. The fourth-order valence-corrected chi connectivity index (χ4v) is 6.18. The molecule has 0 saturated carbocycles. The third-order valence-corrected chi connectivity index (χ3v) is 14.1. The number of nitrogens with one attached hydrogen (secondary N) is 2. The number of ketones is 1. The molecule has 0 aromatic rings. The molecule has 0 saturated heterocycles. The molecule has 1 aliphatic rings. The maximum absolute atomic E-state index is 13.5. The van der Waals surface area contributed by atoms with E-state index in [-0.39, 0.29) is 18.2 Å². The number of amides is 3.